The maximum atomic E-state index is 11.8. The fraction of sp³-hybridized carbons (Fsp3) is 0. The molecule has 2 aromatic rings. The average Bonchev–Trinajstić information content (AvgIpc) is 2.98. The third kappa shape index (κ3) is 2.01. The van der Waals surface area contributed by atoms with Crippen molar-refractivity contribution in [3.05, 3.63) is 71.8 Å². The first kappa shape index (κ1) is 13.8. The van der Waals surface area contributed by atoms with Crippen molar-refractivity contribution >= 4 is 35.2 Å². The van der Waals surface area contributed by atoms with E-state index in [2.05, 4.69) is 13.2 Å². The van der Waals surface area contributed by atoms with E-state index in [1.165, 1.54) is 11.8 Å². The van der Waals surface area contributed by atoms with E-state index in [4.69, 9.17) is 9.47 Å². The molecule has 112 valence electrons. The highest BCUT2D eigenvalue weighted by molar-refractivity contribution is 7.99. The van der Waals surface area contributed by atoms with Crippen LogP contribution in [0.1, 0.15) is 31.8 Å². The Balaban J connectivity index is 1.83. The summed E-state index contributed by atoms with van der Waals surface area (Å²) in [6.45, 7) is 7.59. The first-order chi connectivity index (χ1) is 11.1. The molecule has 2 aliphatic heterocycles. The van der Waals surface area contributed by atoms with Crippen molar-refractivity contribution in [2.75, 3.05) is 0 Å². The molecule has 4 rings (SSSR count). The monoisotopic (exact) mass is 322 g/mol. The van der Waals surface area contributed by atoms with Crippen LogP contribution in [0.25, 0.3) is 11.5 Å². The van der Waals surface area contributed by atoms with Gasteiger partial charge in [0.05, 0.1) is 11.1 Å². The summed E-state index contributed by atoms with van der Waals surface area (Å²) in [6.07, 6.45) is 0. The number of fused-ring (bicyclic) bond motifs is 2. The van der Waals surface area contributed by atoms with E-state index in [1.807, 2.05) is 12.1 Å². The first-order valence-corrected chi connectivity index (χ1v) is 7.64. The lowest BCUT2D eigenvalue weighted by molar-refractivity contribution is 0.0706. The van der Waals surface area contributed by atoms with Gasteiger partial charge in [0.15, 0.2) is 0 Å². The van der Waals surface area contributed by atoms with E-state index in [9.17, 15) is 9.59 Å². The summed E-state index contributed by atoms with van der Waals surface area (Å²) in [5, 5.41) is 0. The van der Waals surface area contributed by atoms with Gasteiger partial charge in [0.2, 0.25) is 0 Å². The third-order valence-corrected chi connectivity index (χ3v) is 4.82. The van der Waals surface area contributed by atoms with E-state index in [-0.39, 0.29) is 0 Å². The van der Waals surface area contributed by atoms with Crippen LogP contribution >= 0.6 is 11.8 Å². The molecule has 23 heavy (non-hydrogen) atoms. The van der Waals surface area contributed by atoms with Crippen LogP contribution in [-0.2, 0) is 9.47 Å². The van der Waals surface area contributed by atoms with Gasteiger partial charge in [-0.15, -0.1) is 0 Å². The Morgan fingerprint density at radius 1 is 0.739 bits per heavy atom. The van der Waals surface area contributed by atoms with Crippen molar-refractivity contribution in [3.63, 3.8) is 0 Å². The molecular weight excluding hydrogens is 312 g/mol. The van der Waals surface area contributed by atoms with Gasteiger partial charge in [-0.25, -0.2) is 9.59 Å². The van der Waals surface area contributed by atoms with E-state index < -0.39 is 11.9 Å². The first-order valence-electron chi connectivity index (χ1n) is 6.83. The lowest BCUT2D eigenvalue weighted by atomic mass is 10.1. The number of carbonyl (C=O) groups excluding carboxylic acids is 2. The molecule has 0 unspecified atom stereocenters. The fourth-order valence-corrected chi connectivity index (χ4v) is 3.88. The number of carbonyl (C=O) groups is 2. The fourth-order valence-electron chi connectivity index (χ4n) is 2.70. The van der Waals surface area contributed by atoms with E-state index >= 15 is 0 Å². The van der Waals surface area contributed by atoms with Crippen molar-refractivity contribution in [2.45, 2.75) is 9.79 Å². The van der Waals surface area contributed by atoms with Crippen LogP contribution in [-0.4, -0.2) is 11.9 Å². The molecule has 2 aliphatic rings. The van der Waals surface area contributed by atoms with Crippen LogP contribution in [0.4, 0.5) is 0 Å². The molecule has 0 aliphatic carbocycles. The van der Waals surface area contributed by atoms with Gasteiger partial charge >= 0.3 is 11.9 Å². The molecule has 0 amide bonds. The van der Waals surface area contributed by atoms with Crippen LogP contribution < -0.4 is 0 Å². The number of rotatable bonds is 2. The van der Waals surface area contributed by atoms with Gasteiger partial charge in [-0.2, -0.15) is 0 Å². The van der Waals surface area contributed by atoms with Crippen molar-refractivity contribution in [1.82, 2.24) is 0 Å². The minimum Gasteiger partial charge on any atom is -0.423 e. The SMILES string of the molecule is C=C1OC(=O)c2cccc(Sc3cccc4c3C(=C)OC4=O)c21. The Labute approximate surface area is 136 Å². The Kier molecular flexibility index (Phi) is 2.92. The second-order valence-electron chi connectivity index (χ2n) is 5.08. The molecule has 2 aromatic carbocycles. The Hall–Kier alpha value is -2.79. The number of benzene rings is 2. The second-order valence-corrected chi connectivity index (χ2v) is 6.17. The van der Waals surface area contributed by atoms with Crippen molar-refractivity contribution in [2.24, 2.45) is 0 Å². The standard InChI is InChI=1S/C18H10O4S/c1-9-15-11(17(19)21-9)5-3-7-13(15)23-14-8-4-6-12-16(14)10(2)22-18(12)20/h3-8H,1-2H2. The normalized spacial score (nSPS) is 15.3. The molecule has 0 fully saturated rings. The number of hydrogen-bond donors (Lipinski definition) is 0. The van der Waals surface area contributed by atoms with Gasteiger partial charge in [0.1, 0.15) is 11.5 Å². The lowest BCUT2D eigenvalue weighted by Gasteiger charge is -2.09. The maximum Gasteiger partial charge on any atom is 0.344 e. The van der Waals surface area contributed by atoms with Crippen LogP contribution in [0.2, 0.25) is 0 Å². The van der Waals surface area contributed by atoms with Crippen molar-refractivity contribution in [3.8, 4) is 0 Å². The molecule has 0 saturated heterocycles. The summed E-state index contributed by atoms with van der Waals surface area (Å²) in [5.41, 5.74) is 2.38. The van der Waals surface area contributed by atoms with Crippen LogP contribution in [0.5, 0.6) is 0 Å². The number of hydrogen-bond acceptors (Lipinski definition) is 5. The predicted octanol–water partition coefficient (Wildman–Crippen LogP) is 4.12. The predicted molar refractivity (Wildman–Crippen MR) is 85.9 cm³/mol. The molecule has 0 spiro atoms. The van der Waals surface area contributed by atoms with Gasteiger partial charge in [0.25, 0.3) is 0 Å². The van der Waals surface area contributed by atoms with E-state index in [0.717, 1.165) is 9.79 Å². The summed E-state index contributed by atoms with van der Waals surface area (Å²) < 4.78 is 10.2. The highest BCUT2D eigenvalue weighted by Gasteiger charge is 2.31. The van der Waals surface area contributed by atoms with Crippen LogP contribution in [0.15, 0.2) is 59.3 Å². The Morgan fingerprint density at radius 2 is 1.17 bits per heavy atom. The minimum atomic E-state index is -0.395. The summed E-state index contributed by atoms with van der Waals surface area (Å²) in [7, 11) is 0. The topological polar surface area (TPSA) is 52.6 Å². The molecular formula is C18H10O4S. The highest BCUT2D eigenvalue weighted by atomic mass is 32.2. The summed E-state index contributed by atoms with van der Waals surface area (Å²) in [5.74, 6) is -0.110. The zero-order valence-electron chi connectivity index (χ0n) is 11.9. The van der Waals surface area contributed by atoms with Crippen molar-refractivity contribution in [1.29, 1.82) is 0 Å². The van der Waals surface area contributed by atoms with E-state index in [1.54, 1.807) is 24.3 Å². The largest absolute Gasteiger partial charge is 0.423 e. The summed E-state index contributed by atoms with van der Waals surface area (Å²) >= 11 is 1.42. The van der Waals surface area contributed by atoms with Gasteiger partial charge in [-0.3, -0.25) is 0 Å². The zero-order chi connectivity index (χ0) is 16.1. The zero-order valence-corrected chi connectivity index (χ0v) is 12.7. The molecule has 5 heteroatoms. The van der Waals surface area contributed by atoms with E-state index in [0.29, 0.717) is 33.8 Å². The lowest BCUT2D eigenvalue weighted by Crippen LogP contribution is -1.94. The van der Waals surface area contributed by atoms with Gasteiger partial charge < -0.3 is 9.47 Å². The van der Waals surface area contributed by atoms with Gasteiger partial charge in [-0.05, 0) is 24.3 Å². The molecule has 2 heterocycles. The molecule has 0 bridgehead atoms. The molecule has 4 nitrogen and oxygen atoms in total. The third-order valence-electron chi connectivity index (χ3n) is 3.70. The molecule has 0 saturated carbocycles. The number of esters is 2. The number of cyclic esters (lactones) is 2. The smallest absolute Gasteiger partial charge is 0.344 e. The minimum absolute atomic E-state index is 0.340. The molecule has 0 aromatic heterocycles. The van der Waals surface area contributed by atoms with Gasteiger partial charge in [0, 0.05) is 20.9 Å². The summed E-state index contributed by atoms with van der Waals surface area (Å²) in [6, 6.07) is 10.8. The van der Waals surface area contributed by atoms with Crippen molar-refractivity contribution < 1.29 is 19.1 Å². The quantitative estimate of drug-likeness (QED) is 0.779. The Morgan fingerprint density at radius 3 is 1.61 bits per heavy atom. The molecule has 0 radical (unpaired) electrons. The highest BCUT2D eigenvalue weighted by Crippen LogP contribution is 2.43. The van der Waals surface area contributed by atoms with Crippen LogP contribution in [0, 0.1) is 0 Å². The molecule has 0 N–H and O–H groups in total. The summed E-state index contributed by atoms with van der Waals surface area (Å²) in [4.78, 5) is 25.2. The second kappa shape index (κ2) is 4.86. The number of ether oxygens (including phenoxy) is 2. The van der Waals surface area contributed by atoms with Crippen LogP contribution in [0.3, 0.4) is 0 Å². The Bertz CT molecular complexity index is 851. The molecule has 0 atom stereocenters. The van der Waals surface area contributed by atoms with Gasteiger partial charge in [-0.1, -0.05) is 37.1 Å². The maximum absolute atomic E-state index is 11.8. The average molecular weight is 322 g/mol.